The molecule has 3 nitrogen and oxygen atoms in total. The summed E-state index contributed by atoms with van der Waals surface area (Å²) < 4.78 is 0. The van der Waals surface area contributed by atoms with E-state index in [0.29, 0.717) is 0 Å². The normalized spacial score (nSPS) is 10.8. The van der Waals surface area contributed by atoms with E-state index in [1.54, 1.807) is 11.3 Å². The molecular weight excluding hydrogens is 266 g/mol. The summed E-state index contributed by atoms with van der Waals surface area (Å²) in [4.78, 5) is 12.0. The van der Waals surface area contributed by atoms with Gasteiger partial charge in [-0.2, -0.15) is 0 Å². The SMILES string of the molecule is CCCCN(c1ccncc1)c1csc2ncccc12. The first-order valence-corrected chi connectivity index (χ1v) is 7.78. The van der Waals surface area contributed by atoms with E-state index in [2.05, 4.69) is 45.4 Å². The molecule has 0 fully saturated rings. The number of rotatable bonds is 5. The van der Waals surface area contributed by atoms with E-state index >= 15 is 0 Å². The Morgan fingerprint density at radius 1 is 1.15 bits per heavy atom. The van der Waals surface area contributed by atoms with Crippen LogP contribution < -0.4 is 4.90 Å². The molecule has 0 amide bonds. The second-order valence-corrected chi connectivity index (χ2v) is 5.55. The number of nitrogens with zero attached hydrogens (tertiary/aromatic N) is 3. The summed E-state index contributed by atoms with van der Waals surface area (Å²) in [5.74, 6) is 0. The number of hydrogen-bond donors (Lipinski definition) is 0. The summed E-state index contributed by atoms with van der Waals surface area (Å²) in [6, 6.07) is 8.28. The van der Waals surface area contributed by atoms with Gasteiger partial charge in [0.25, 0.3) is 0 Å². The van der Waals surface area contributed by atoms with Crippen molar-refractivity contribution in [1.82, 2.24) is 9.97 Å². The first-order valence-electron chi connectivity index (χ1n) is 6.90. The lowest BCUT2D eigenvalue weighted by atomic mass is 10.2. The number of fused-ring (bicyclic) bond motifs is 1. The van der Waals surface area contributed by atoms with E-state index in [1.807, 2.05) is 24.7 Å². The fourth-order valence-electron chi connectivity index (χ4n) is 2.29. The van der Waals surface area contributed by atoms with Crippen molar-refractivity contribution in [2.24, 2.45) is 0 Å². The smallest absolute Gasteiger partial charge is 0.125 e. The van der Waals surface area contributed by atoms with Crippen LogP contribution in [-0.2, 0) is 0 Å². The molecule has 0 unspecified atom stereocenters. The van der Waals surface area contributed by atoms with Crippen LogP contribution in [0.3, 0.4) is 0 Å². The molecule has 0 aliphatic carbocycles. The maximum atomic E-state index is 4.44. The van der Waals surface area contributed by atoms with Crippen LogP contribution in [0.1, 0.15) is 19.8 Å². The number of hydrogen-bond acceptors (Lipinski definition) is 4. The molecule has 0 spiro atoms. The fourth-order valence-corrected chi connectivity index (χ4v) is 3.19. The maximum Gasteiger partial charge on any atom is 0.125 e. The molecule has 0 aliphatic heterocycles. The van der Waals surface area contributed by atoms with Gasteiger partial charge in [0.15, 0.2) is 0 Å². The van der Waals surface area contributed by atoms with Gasteiger partial charge in [-0.15, -0.1) is 11.3 Å². The molecule has 0 aliphatic rings. The van der Waals surface area contributed by atoms with E-state index in [-0.39, 0.29) is 0 Å². The minimum atomic E-state index is 1.02. The lowest BCUT2D eigenvalue weighted by molar-refractivity contribution is 0.787. The van der Waals surface area contributed by atoms with E-state index in [9.17, 15) is 0 Å². The number of anilines is 2. The summed E-state index contributed by atoms with van der Waals surface area (Å²) in [5, 5.41) is 3.43. The Bertz CT molecular complexity index is 678. The topological polar surface area (TPSA) is 29.0 Å². The summed E-state index contributed by atoms with van der Waals surface area (Å²) in [7, 11) is 0. The molecule has 3 heterocycles. The van der Waals surface area contributed by atoms with Crippen molar-refractivity contribution >= 4 is 32.9 Å². The van der Waals surface area contributed by atoms with Crippen LogP contribution >= 0.6 is 11.3 Å². The van der Waals surface area contributed by atoms with Gasteiger partial charge in [0.2, 0.25) is 0 Å². The largest absolute Gasteiger partial charge is 0.340 e. The molecule has 0 saturated carbocycles. The molecule has 3 aromatic heterocycles. The summed E-state index contributed by atoms with van der Waals surface area (Å²) in [5.41, 5.74) is 2.44. The van der Waals surface area contributed by atoms with E-state index in [1.165, 1.54) is 29.6 Å². The lowest BCUT2D eigenvalue weighted by Crippen LogP contribution is -2.17. The summed E-state index contributed by atoms with van der Waals surface area (Å²) in [6.07, 6.45) is 7.90. The lowest BCUT2D eigenvalue weighted by Gasteiger charge is -2.24. The summed E-state index contributed by atoms with van der Waals surface area (Å²) >= 11 is 1.70. The predicted molar refractivity (Wildman–Crippen MR) is 85.8 cm³/mol. The zero-order chi connectivity index (χ0) is 13.8. The number of thiophene rings is 1. The second-order valence-electron chi connectivity index (χ2n) is 4.69. The monoisotopic (exact) mass is 283 g/mol. The Hall–Kier alpha value is -1.94. The van der Waals surface area contributed by atoms with Crippen molar-refractivity contribution in [2.75, 3.05) is 11.4 Å². The molecule has 20 heavy (non-hydrogen) atoms. The van der Waals surface area contributed by atoms with Crippen molar-refractivity contribution < 1.29 is 0 Å². The third-order valence-electron chi connectivity index (χ3n) is 3.33. The van der Waals surface area contributed by atoms with Crippen molar-refractivity contribution in [2.45, 2.75) is 19.8 Å². The van der Waals surface area contributed by atoms with Crippen molar-refractivity contribution in [3.63, 3.8) is 0 Å². The Morgan fingerprint density at radius 2 is 2.00 bits per heavy atom. The van der Waals surface area contributed by atoms with Gasteiger partial charge in [0.05, 0.1) is 5.69 Å². The van der Waals surface area contributed by atoms with Gasteiger partial charge < -0.3 is 4.90 Å². The molecule has 102 valence electrons. The average Bonchev–Trinajstić information content (AvgIpc) is 2.93. The van der Waals surface area contributed by atoms with Gasteiger partial charge in [0, 0.05) is 41.6 Å². The Morgan fingerprint density at radius 3 is 2.80 bits per heavy atom. The van der Waals surface area contributed by atoms with Gasteiger partial charge in [-0.1, -0.05) is 13.3 Å². The van der Waals surface area contributed by atoms with Crippen LogP contribution in [0.15, 0.2) is 48.2 Å². The van der Waals surface area contributed by atoms with E-state index < -0.39 is 0 Å². The fraction of sp³-hybridized carbons (Fsp3) is 0.250. The molecule has 0 aromatic carbocycles. The minimum absolute atomic E-state index is 1.02. The first kappa shape index (κ1) is 13.1. The highest BCUT2D eigenvalue weighted by Gasteiger charge is 2.13. The highest BCUT2D eigenvalue weighted by atomic mass is 32.1. The highest BCUT2D eigenvalue weighted by molar-refractivity contribution is 7.17. The van der Waals surface area contributed by atoms with Gasteiger partial charge >= 0.3 is 0 Å². The molecule has 0 saturated heterocycles. The molecule has 4 heteroatoms. The number of aromatic nitrogens is 2. The molecule has 0 atom stereocenters. The molecular formula is C16H17N3S. The van der Waals surface area contributed by atoms with E-state index in [4.69, 9.17) is 0 Å². The number of unbranched alkanes of at least 4 members (excludes halogenated alkanes) is 1. The zero-order valence-electron chi connectivity index (χ0n) is 11.5. The van der Waals surface area contributed by atoms with Crippen LogP contribution in [0.2, 0.25) is 0 Å². The molecule has 0 radical (unpaired) electrons. The van der Waals surface area contributed by atoms with Crippen LogP contribution in [0.25, 0.3) is 10.2 Å². The van der Waals surface area contributed by atoms with Gasteiger partial charge in [-0.25, -0.2) is 4.98 Å². The second kappa shape index (κ2) is 6.01. The van der Waals surface area contributed by atoms with Gasteiger partial charge in [0.1, 0.15) is 4.83 Å². The third-order valence-corrected chi connectivity index (χ3v) is 4.22. The Kier molecular flexibility index (Phi) is 3.92. The highest BCUT2D eigenvalue weighted by Crippen LogP contribution is 2.35. The van der Waals surface area contributed by atoms with Crippen LogP contribution in [0.5, 0.6) is 0 Å². The van der Waals surface area contributed by atoms with Crippen LogP contribution in [0, 0.1) is 0 Å². The molecule has 0 N–H and O–H groups in total. The average molecular weight is 283 g/mol. The van der Waals surface area contributed by atoms with Crippen molar-refractivity contribution in [3.8, 4) is 0 Å². The van der Waals surface area contributed by atoms with Crippen molar-refractivity contribution in [1.29, 1.82) is 0 Å². The predicted octanol–water partition coefficient (Wildman–Crippen LogP) is 4.63. The maximum absolute atomic E-state index is 4.44. The van der Waals surface area contributed by atoms with Gasteiger partial charge in [-0.05, 0) is 30.7 Å². The molecule has 0 bridgehead atoms. The van der Waals surface area contributed by atoms with E-state index in [0.717, 1.165) is 11.4 Å². The first-order chi connectivity index (χ1) is 9.90. The zero-order valence-corrected chi connectivity index (χ0v) is 12.3. The molecule has 3 aromatic rings. The standard InChI is InChI=1S/C16H17N3S/c1-2-3-11-19(13-6-9-17-10-7-13)15-12-20-16-14(15)5-4-8-18-16/h4-10,12H,2-3,11H2,1H3. The third kappa shape index (κ3) is 2.51. The van der Waals surface area contributed by atoms with Crippen molar-refractivity contribution in [3.05, 3.63) is 48.2 Å². The van der Waals surface area contributed by atoms with Crippen LogP contribution in [0.4, 0.5) is 11.4 Å². The number of pyridine rings is 2. The molecule has 3 rings (SSSR count). The van der Waals surface area contributed by atoms with Gasteiger partial charge in [-0.3, -0.25) is 4.98 Å². The Balaban J connectivity index is 2.05. The summed E-state index contributed by atoms with van der Waals surface area (Å²) in [6.45, 7) is 3.24. The minimum Gasteiger partial charge on any atom is -0.340 e. The quantitative estimate of drug-likeness (QED) is 0.683. The van der Waals surface area contributed by atoms with Crippen LogP contribution in [-0.4, -0.2) is 16.5 Å². The Labute approximate surface area is 122 Å².